The predicted octanol–water partition coefficient (Wildman–Crippen LogP) is 1.70. The van der Waals surface area contributed by atoms with Gasteiger partial charge in [0.25, 0.3) is 0 Å². The van der Waals surface area contributed by atoms with Crippen LogP contribution in [0.4, 0.5) is 0 Å². The molecule has 0 saturated carbocycles. The molecule has 0 aliphatic carbocycles. The minimum atomic E-state index is -3.96. The van der Waals surface area contributed by atoms with E-state index in [0.29, 0.717) is 0 Å². The Bertz CT molecular complexity index is 726. The van der Waals surface area contributed by atoms with E-state index in [1.807, 2.05) is 6.07 Å². The Hall–Kier alpha value is -1.62. The van der Waals surface area contributed by atoms with E-state index in [1.165, 1.54) is 18.2 Å². The van der Waals surface area contributed by atoms with Gasteiger partial charge in [-0.2, -0.15) is 9.57 Å². The number of halogens is 1. The molecule has 0 aromatic heterocycles. The summed E-state index contributed by atoms with van der Waals surface area (Å²) in [5, 5.41) is 18.3. The van der Waals surface area contributed by atoms with Crippen LogP contribution in [-0.4, -0.2) is 36.4 Å². The van der Waals surface area contributed by atoms with Gasteiger partial charge in [0.1, 0.15) is 11.0 Å². The van der Waals surface area contributed by atoms with Crippen molar-refractivity contribution in [3.63, 3.8) is 0 Å². The summed E-state index contributed by atoms with van der Waals surface area (Å²) in [5.41, 5.74) is -0.00891. The molecule has 0 amide bonds. The quantitative estimate of drug-likeness (QED) is 0.910. The number of aliphatic carboxylic acids is 1. The van der Waals surface area contributed by atoms with Crippen LogP contribution < -0.4 is 0 Å². The van der Waals surface area contributed by atoms with Crippen molar-refractivity contribution in [2.45, 2.75) is 24.3 Å². The van der Waals surface area contributed by atoms with Crippen LogP contribution in [0.2, 0.25) is 5.02 Å². The number of benzene rings is 1. The highest BCUT2D eigenvalue weighted by atomic mass is 35.5. The first-order valence-electron chi connectivity index (χ1n) is 6.23. The summed E-state index contributed by atoms with van der Waals surface area (Å²) in [4.78, 5) is 10.9. The van der Waals surface area contributed by atoms with Gasteiger partial charge in [0, 0.05) is 17.6 Å². The van der Waals surface area contributed by atoms with E-state index in [2.05, 4.69) is 0 Å². The van der Waals surface area contributed by atoms with E-state index in [4.69, 9.17) is 22.0 Å². The van der Waals surface area contributed by atoms with Crippen molar-refractivity contribution in [3.8, 4) is 6.07 Å². The molecule has 2 unspecified atom stereocenters. The second-order valence-electron chi connectivity index (χ2n) is 4.84. The summed E-state index contributed by atoms with van der Waals surface area (Å²) in [5.74, 6) is -1.77. The van der Waals surface area contributed by atoms with Crippen LogP contribution in [0.25, 0.3) is 0 Å². The summed E-state index contributed by atoms with van der Waals surface area (Å²) in [6, 6.07) is 5.15. The van der Waals surface area contributed by atoms with Gasteiger partial charge in [-0.15, -0.1) is 0 Å². The summed E-state index contributed by atoms with van der Waals surface area (Å²) >= 11 is 5.82. The number of hydrogen-bond donors (Lipinski definition) is 1. The normalized spacial score (nSPS) is 22.9. The lowest BCUT2D eigenvalue weighted by Gasteiger charge is -2.23. The number of nitrogens with zero attached hydrogens (tertiary/aromatic N) is 2. The van der Waals surface area contributed by atoms with Crippen molar-refractivity contribution in [2.75, 3.05) is 6.54 Å². The molecule has 1 heterocycles. The number of hydrogen-bond acceptors (Lipinski definition) is 4. The fraction of sp³-hybridized carbons (Fsp3) is 0.385. The van der Waals surface area contributed by atoms with Crippen LogP contribution in [0.1, 0.15) is 18.9 Å². The van der Waals surface area contributed by atoms with E-state index in [-0.39, 0.29) is 28.4 Å². The lowest BCUT2D eigenvalue weighted by Crippen LogP contribution is -2.37. The van der Waals surface area contributed by atoms with Crippen molar-refractivity contribution in [1.29, 1.82) is 5.26 Å². The molecule has 6 nitrogen and oxygen atoms in total. The number of sulfonamides is 1. The highest BCUT2D eigenvalue weighted by Crippen LogP contribution is 2.32. The zero-order chi connectivity index (χ0) is 15.8. The number of carboxylic acids is 1. The molecule has 21 heavy (non-hydrogen) atoms. The Morgan fingerprint density at radius 2 is 2.19 bits per heavy atom. The number of rotatable bonds is 3. The molecule has 1 aliphatic heterocycles. The molecule has 0 radical (unpaired) electrons. The van der Waals surface area contributed by atoms with Crippen LogP contribution >= 0.6 is 11.6 Å². The van der Waals surface area contributed by atoms with E-state index >= 15 is 0 Å². The lowest BCUT2D eigenvalue weighted by atomic mass is 10.0. The van der Waals surface area contributed by atoms with Gasteiger partial charge in [-0.1, -0.05) is 11.6 Å². The molecule has 2 atom stereocenters. The van der Waals surface area contributed by atoms with Crippen LogP contribution in [-0.2, 0) is 14.8 Å². The number of carbonyl (C=O) groups is 1. The standard InChI is InChI=1S/C13H13ClN2O4S/c1-8-11(13(17)18)4-5-16(8)21(19,20)12-6-10(14)3-2-9(12)7-15/h2-3,6,8,11H,4-5H2,1H3,(H,17,18). The third-order valence-electron chi connectivity index (χ3n) is 3.67. The zero-order valence-electron chi connectivity index (χ0n) is 11.2. The third kappa shape index (κ3) is 2.75. The van der Waals surface area contributed by atoms with E-state index in [0.717, 1.165) is 4.31 Å². The first kappa shape index (κ1) is 15.8. The fourth-order valence-electron chi connectivity index (χ4n) is 2.51. The Morgan fingerprint density at radius 1 is 1.52 bits per heavy atom. The topological polar surface area (TPSA) is 98.5 Å². The largest absolute Gasteiger partial charge is 0.481 e. The number of carboxylic acid groups (broad SMARTS) is 1. The third-order valence-corrected chi connectivity index (χ3v) is 5.93. The monoisotopic (exact) mass is 328 g/mol. The summed E-state index contributed by atoms with van der Waals surface area (Å²) in [6.45, 7) is 1.66. The van der Waals surface area contributed by atoms with Crippen LogP contribution in [0.3, 0.4) is 0 Å². The van der Waals surface area contributed by atoms with Gasteiger partial charge in [0.2, 0.25) is 10.0 Å². The van der Waals surface area contributed by atoms with E-state index in [1.54, 1.807) is 6.92 Å². The summed E-state index contributed by atoms with van der Waals surface area (Å²) in [6.07, 6.45) is 0.248. The molecule has 1 aliphatic rings. The Morgan fingerprint density at radius 3 is 2.71 bits per heavy atom. The van der Waals surface area contributed by atoms with E-state index < -0.39 is 28.0 Å². The summed E-state index contributed by atoms with van der Waals surface area (Å²) in [7, 11) is -3.96. The second-order valence-corrected chi connectivity index (χ2v) is 7.14. The zero-order valence-corrected chi connectivity index (χ0v) is 12.7. The first-order valence-corrected chi connectivity index (χ1v) is 8.05. The molecule has 1 aromatic rings. The molecular formula is C13H13ClN2O4S. The number of nitriles is 1. The SMILES string of the molecule is CC1C(C(=O)O)CCN1S(=O)(=O)c1cc(Cl)ccc1C#N. The summed E-state index contributed by atoms with van der Waals surface area (Å²) < 4.78 is 26.5. The average Bonchev–Trinajstić information content (AvgIpc) is 2.81. The molecular weight excluding hydrogens is 316 g/mol. The molecule has 1 aromatic carbocycles. The minimum absolute atomic E-state index is 0.00891. The van der Waals surface area contributed by atoms with Gasteiger partial charge >= 0.3 is 5.97 Å². The molecule has 1 N–H and O–H groups in total. The minimum Gasteiger partial charge on any atom is -0.481 e. The first-order chi connectivity index (χ1) is 9.78. The highest BCUT2D eigenvalue weighted by Gasteiger charge is 2.42. The van der Waals surface area contributed by atoms with Crippen molar-refractivity contribution >= 4 is 27.6 Å². The van der Waals surface area contributed by atoms with Crippen molar-refractivity contribution < 1.29 is 18.3 Å². The van der Waals surface area contributed by atoms with Gasteiger partial charge in [0.05, 0.1) is 11.5 Å². The molecule has 1 saturated heterocycles. The van der Waals surface area contributed by atoms with Crippen molar-refractivity contribution in [2.24, 2.45) is 5.92 Å². The molecule has 112 valence electrons. The molecule has 1 fully saturated rings. The van der Waals surface area contributed by atoms with Gasteiger partial charge < -0.3 is 5.11 Å². The smallest absolute Gasteiger partial charge is 0.308 e. The van der Waals surface area contributed by atoms with Crippen molar-refractivity contribution in [1.82, 2.24) is 4.31 Å². The highest BCUT2D eigenvalue weighted by molar-refractivity contribution is 7.89. The Kier molecular flexibility index (Phi) is 4.23. The lowest BCUT2D eigenvalue weighted by molar-refractivity contribution is -0.142. The molecule has 2 rings (SSSR count). The van der Waals surface area contributed by atoms with Gasteiger partial charge in [0.15, 0.2) is 0 Å². The van der Waals surface area contributed by atoms with Crippen LogP contribution in [0.5, 0.6) is 0 Å². The molecule has 0 bridgehead atoms. The van der Waals surface area contributed by atoms with Gasteiger partial charge in [-0.3, -0.25) is 4.79 Å². The second kappa shape index (κ2) is 5.64. The maximum Gasteiger partial charge on any atom is 0.308 e. The van der Waals surface area contributed by atoms with Gasteiger partial charge in [-0.25, -0.2) is 8.42 Å². The van der Waals surface area contributed by atoms with Crippen molar-refractivity contribution in [3.05, 3.63) is 28.8 Å². The average molecular weight is 329 g/mol. The molecule has 8 heteroatoms. The maximum absolute atomic E-state index is 12.7. The van der Waals surface area contributed by atoms with Gasteiger partial charge in [-0.05, 0) is 31.5 Å². The van der Waals surface area contributed by atoms with E-state index in [9.17, 15) is 13.2 Å². The van der Waals surface area contributed by atoms with Crippen LogP contribution in [0, 0.1) is 17.2 Å². The molecule has 0 spiro atoms. The predicted molar refractivity (Wildman–Crippen MR) is 75.3 cm³/mol. The Labute approximate surface area is 127 Å². The van der Waals surface area contributed by atoms with Crippen LogP contribution in [0.15, 0.2) is 23.1 Å². The Balaban J connectivity index is 2.47. The fourth-order valence-corrected chi connectivity index (χ4v) is 4.60. The maximum atomic E-state index is 12.7.